The number of benzene rings is 1. The molecular weight excluding hydrogens is 221 g/mol. The molecule has 1 aromatic carbocycles. The van der Waals surface area contributed by atoms with Crippen molar-refractivity contribution in [2.24, 2.45) is 0 Å². The van der Waals surface area contributed by atoms with Gasteiger partial charge >= 0.3 is 0 Å². The van der Waals surface area contributed by atoms with Gasteiger partial charge in [-0.25, -0.2) is 4.39 Å². The highest BCUT2D eigenvalue weighted by atomic mass is 19.1. The van der Waals surface area contributed by atoms with Crippen molar-refractivity contribution in [3.63, 3.8) is 0 Å². The molecule has 3 rings (SSSR count). The zero-order chi connectivity index (χ0) is 11.8. The second-order valence-electron chi connectivity index (χ2n) is 3.68. The van der Waals surface area contributed by atoms with Crippen molar-refractivity contribution >= 4 is 10.8 Å². The molecule has 0 aliphatic rings. The van der Waals surface area contributed by atoms with E-state index in [9.17, 15) is 4.39 Å². The number of halogens is 1. The Morgan fingerprint density at radius 3 is 2.82 bits per heavy atom. The molecule has 0 saturated carbocycles. The van der Waals surface area contributed by atoms with E-state index < -0.39 is 5.82 Å². The van der Waals surface area contributed by atoms with E-state index in [1.165, 1.54) is 6.07 Å². The lowest BCUT2D eigenvalue weighted by molar-refractivity contribution is 0.526. The highest BCUT2D eigenvalue weighted by molar-refractivity contribution is 5.85. The summed E-state index contributed by atoms with van der Waals surface area (Å²) in [5.41, 5.74) is 0.310. The molecule has 0 atom stereocenters. The molecule has 0 bridgehead atoms. The first kappa shape index (κ1) is 9.89. The number of hydrogen-bond donors (Lipinski definition) is 0. The van der Waals surface area contributed by atoms with Crippen molar-refractivity contribution in [3.05, 3.63) is 42.3 Å². The van der Waals surface area contributed by atoms with Crippen LogP contribution in [0.3, 0.4) is 0 Å². The smallest absolute Gasteiger partial charge is 0.250 e. The first-order valence-corrected chi connectivity index (χ1v) is 5.08. The number of rotatable bonds is 1. The van der Waals surface area contributed by atoms with Gasteiger partial charge in [0.25, 0.3) is 5.89 Å². The van der Waals surface area contributed by atoms with Crippen molar-refractivity contribution in [3.8, 4) is 11.5 Å². The van der Waals surface area contributed by atoms with Gasteiger partial charge in [0.05, 0.1) is 5.56 Å². The molecule has 2 heterocycles. The van der Waals surface area contributed by atoms with Crippen molar-refractivity contribution in [2.75, 3.05) is 0 Å². The molecule has 5 heteroatoms. The van der Waals surface area contributed by atoms with Gasteiger partial charge in [0.15, 0.2) is 0 Å². The number of hydrogen-bond acceptors (Lipinski definition) is 4. The molecule has 0 fully saturated rings. The maximum atomic E-state index is 13.9. The van der Waals surface area contributed by atoms with Crippen molar-refractivity contribution in [1.29, 1.82) is 0 Å². The molecule has 0 saturated heterocycles. The van der Waals surface area contributed by atoms with E-state index >= 15 is 0 Å². The van der Waals surface area contributed by atoms with Gasteiger partial charge in [-0.15, -0.1) is 10.2 Å². The maximum Gasteiger partial charge on any atom is 0.250 e. The molecule has 0 unspecified atom stereocenters. The molecule has 0 amide bonds. The standard InChI is InChI=1S/C12H8FN3O/c1-7-15-16-12(17-7)10-4-8-2-3-14-6-9(8)5-11(10)13/h2-6H,1H3. The Morgan fingerprint density at radius 1 is 1.18 bits per heavy atom. The van der Waals surface area contributed by atoms with Crippen LogP contribution in [-0.2, 0) is 0 Å². The summed E-state index contributed by atoms with van der Waals surface area (Å²) in [4.78, 5) is 3.94. The zero-order valence-corrected chi connectivity index (χ0v) is 9.01. The van der Waals surface area contributed by atoms with Gasteiger partial charge in [0.2, 0.25) is 5.89 Å². The fourth-order valence-electron chi connectivity index (χ4n) is 1.68. The van der Waals surface area contributed by atoms with Crippen LogP contribution in [0.2, 0.25) is 0 Å². The summed E-state index contributed by atoms with van der Waals surface area (Å²) in [6.45, 7) is 1.67. The minimum Gasteiger partial charge on any atom is -0.421 e. The molecule has 0 aliphatic heterocycles. The zero-order valence-electron chi connectivity index (χ0n) is 9.01. The van der Waals surface area contributed by atoms with Crippen LogP contribution in [0.5, 0.6) is 0 Å². The fraction of sp³-hybridized carbons (Fsp3) is 0.0833. The minimum atomic E-state index is -0.394. The Hall–Kier alpha value is -2.30. The summed E-state index contributed by atoms with van der Waals surface area (Å²) >= 11 is 0. The van der Waals surface area contributed by atoms with Crippen LogP contribution >= 0.6 is 0 Å². The first-order chi connectivity index (χ1) is 8.24. The average Bonchev–Trinajstić information content (AvgIpc) is 2.75. The third-order valence-corrected chi connectivity index (χ3v) is 2.48. The van der Waals surface area contributed by atoms with Crippen LogP contribution in [0, 0.1) is 12.7 Å². The average molecular weight is 229 g/mol. The van der Waals surface area contributed by atoms with E-state index in [2.05, 4.69) is 15.2 Å². The fourth-order valence-corrected chi connectivity index (χ4v) is 1.68. The summed E-state index contributed by atoms with van der Waals surface area (Å²) in [6, 6.07) is 4.90. The molecule has 0 N–H and O–H groups in total. The van der Waals surface area contributed by atoms with Crippen molar-refractivity contribution < 1.29 is 8.81 Å². The van der Waals surface area contributed by atoms with E-state index in [1.807, 2.05) is 6.07 Å². The van der Waals surface area contributed by atoms with Gasteiger partial charge in [-0.2, -0.15) is 0 Å². The van der Waals surface area contributed by atoms with Gasteiger partial charge in [-0.1, -0.05) is 0 Å². The lowest BCUT2D eigenvalue weighted by atomic mass is 10.1. The van der Waals surface area contributed by atoms with Crippen LogP contribution in [0.1, 0.15) is 5.89 Å². The summed E-state index contributed by atoms with van der Waals surface area (Å²) in [6.07, 6.45) is 3.27. The van der Waals surface area contributed by atoms with E-state index in [-0.39, 0.29) is 5.89 Å². The molecule has 0 aliphatic carbocycles. The minimum absolute atomic E-state index is 0.193. The summed E-state index contributed by atoms with van der Waals surface area (Å²) < 4.78 is 19.1. The SMILES string of the molecule is Cc1nnc(-c2cc3ccncc3cc2F)o1. The quantitative estimate of drug-likeness (QED) is 0.643. The second-order valence-corrected chi connectivity index (χ2v) is 3.68. The summed E-state index contributed by atoms with van der Waals surface area (Å²) in [5, 5.41) is 9.12. The van der Waals surface area contributed by atoms with Crippen LogP contribution in [0.25, 0.3) is 22.2 Å². The van der Waals surface area contributed by atoms with E-state index in [0.29, 0.717) is 11.5 Å². The number of nitrogens with zero attached hydrogens (tertiary/aromatic N) is 3. The van der Waals surface area contributed by atoms with E-state index in [1.54, 1.807) is 25.4 Å². The highest BCUT2D eigenvalue weighted by Crippen LogP contribution is 2.26. The predicted molar refractivity (Wildman–Crippen MR) is 59.7 cm³/mol. The Kier molecular flexibility index (Phi) is 2.11. The van der Waals surface area contributed by atoms with Gasteiger partial charge in [-0.3, -0.25) is 4.98 Å². The molecule has 0 spiro atoms. The third-order valence-electron chi connectivity index (χ3n) is 2.48. The number of aryl methyl sites for hydroxylation is 1. The normalized spacial score (nSPS) is 10.9. The van der Waals surface area contributed by atoms with Crippen LogP contribution in [0.15, 0.2) is 35.0 Å². The number of fused-ring (bicyclic) bond motifs is 1. The summed E-state index contributed by atoms with van der Waals surface area (Å²) in [5.74, 6) is 0.210. The Bertz CT molecular complexity index is 693. The molecule has 4 nitrogen and oxygen atoms in total. The monoisotopic (exact) mass is 229 g/mol. The highest BCUT2D eigenvalue weighted by Gasteiger charge is 2.12. The molecule has 84 valence electrons. The molecule has 3 aromatic rings. The number of aromatic nitrogens is 3. The van der Waals surface area contributed by atoms with Gasteiger partial charge < -0.3 is 4.42 Å². The molecular formula is C12H8FN3O. The topological polar surface area (TPSA) is 51.8 Å². The van der Waals surface area contributed by atoms with Crippen LogP contribution in [-0.4, -0.2) is 15.2 Å². The van der Waals surface area contributed by atoms with Gasteiger partial charge in [-0.05, 0) is 23.6 Å². The van der Waals surface area contributed by atoms with Gasteiger partial charge in [0.1, 0.15) is 5.82 Å². The van der Waals surface area contributed by atoms with Gasteiger partial charge in [0, 0.05) is 24.7 Å². The van der Waals surface area contributed by atoms with Crippen molar-refractivity contribution in [1.82, 2.24) is 15.2 Å². The Morgan fingerprint density at radius 2 is 2.06 bits per heavy atom. The van der Waals surface area contributed by atoms with Crippen LogP contribution in [0.4, 0.5) is 4.39 Å². The number of pyridine rings is 1. The molecule has 2 aromatic heterocycles. The Labute approximate surface area is 96.1 Å². The largest absolute Gasteiger partial charge is 0.421 e. The lowest BCUT2D eigenvalue weighted by Crippen LogP contribution is -1.86. The third kappa shape index (κ3) is 1.65. The van der Waals surface area contributed by atoms with Crippen LogP contribution < -0.4 is 0 Å². The van der Waals surface area contributed by atoms with E-state index in [4.69, 9.17) is 4.42 Å². The molecule has 17 heavy (non-hydrogen) atoms. The first-order valence-electron chi connectivity index (χ1n) is 5.08. The predicted octanol–water partition coefficient (Wildman–Crippen LogP) is 2.73. The van der Waals surface area contributed by atoms with Crippen molar-refractivity contribution in [2.45, 2.75) is 6.92 Å². The maximum absolute atomic E-state index is 13.9. The lowest BCUT2D eigenvalue weighted by Gasteiger charge is -2.01. The van der Waals surface area contributed by atoms with E-state index in [0.717, 1.165) is 10.8 Å². The molecule has 0 radical (unpaired) electrons. The Balaban J connectivity index is 2.26. The summed E-state index contributed by atoms with van der Waals surface area (Å²) in [7, 11) is 0. The second kappa shape index (κ2) is 3.62.